The van der Waals surface area contributed by atoms with Crippen LogP contribution in [0.5, 0.6) is 0 Å². The predicted molar refractivity (Wildman–Crippen MR) is 145 cm³/mol. The number of pyridine rings is 2. The maximum absolute atomic E-state index is 14.1. The second-order valence-electron chi connectivity index (χ2n) is 10.4. The molecule has 206 valence electrons. The Balaban J connectivity index is 1.25. The second-order valence-corrected chi connectivity index (χ2v) is 12.8. The van der Waals surface area contributed by atoms with Crippen LogP contribution in [-0.4, -0.2) is 56.1 Å². The number of amides is 1. The van der Waals surface area contributed by atoms with Crippen molar-refractivity contribution in [3.05, 3.63) is 75.2 Å². The van der Waals surface area contributed by atoms with E-state index >= 15 is 0 Å². The Bertz CT molecular complexity index is 1650. The molecule has 1 aliphatic heterocycles. The van der Waals surface area contributed by atoms with Crippen LogP contribution in [0.1, 0.15) is 61.1 Å². The van der Waals surface area contributed by atoms with Crippen molar-refractivity contribution in [3.63, 3.8) is 0 Å². The summed E-state index contributed by atoms with van der Waals surface area (Å²) < 4.78 is 38.7. The number of hydrogen-bond donors (Lipinski definition) is 3. The van der Waals surface area contributed by atoms with Crippen molar-refractivity contribution in [1.82, 2.24) is 28.8 Å². The third-order valence-electron chi connectivity index (χ3n) is 7.84. The number of carbonyl (C=O) groups excluding carboxylic acids is 1. The molecule has 0 radical (unpaired) electrons. The fraction of sp³-hybridized carbons (Fsp3) is 0.423. The van der Waals surface area contributed by atoms with Crippen molar-refractivity contribution in [2.45, 2.75) is 56.7 Å². The predicted octanol–water partition coefficient (Wildman–Crippen LogP) is 3.34. The van der Waals surface area contributed by atoms with Gasteiger partial charge in [0.25, 0.3) is 11.5 Å². The smallest absolute Gasteiger partial charge is 0.333 e. The fourth-order valence-corrected chi connectivity index (χ4v) is 7.29. The summed E-state index contributed by atoms with van der Waals surface area (Å²) >= 11 is 0. The van der Waals surface area contributed by atoms with Gasteiger partial charge >= 0.3 is 5.69 Å². The molecule has 1 saturated heterocycles. The highest BCUT2D eigenvalue weighted by Gasteiger charge is 2.32. The standard InChI is InChI=1S/C26H29FN6O5S/c27-16-13-20-23(28-14-16)32(19-8-11-39(37,38)12-9-19)26(36)33(25(20)35)18-6-4-17(5-7-18)29-24(34)21-15-31-10-2-1-3-22(31)30-21/h1-3,10,13-15,17-19,37-38H,4-9,11-12H2,(H,29,34). The highest BCUT2D eigenvalue weighted by Crippen LogP contribution is 2.47. The minimum atomic E-state index is -2.68. The highest BCUT2D eigenvalue weighted by molar-refractivity contribution is 8.24. The summed E-state index contributed by atoms with van der Waals surface area (Å²) in [5.74, 6) is -0.642. The number of fused-ring (bicyclic) bond motifs is 2. The average Bonchev–Trinajstić information content (AvgIpc) is 3.36. The maximum atomic E-state index is 14.1. The van der Waals surface area contributed by atoms with Gasteiger partial charge in [-0.3, -0.25) is 27.8 Å². The zero-order valence-corrected chi connectivity index (χ0v) is 21.9. The van der Waals surface area contributed by atoms with Crippen LogP contribution in [0.15, 0.2) is 52.4 Å². The van der Waals surface area contributed by atoms with Gasteiger partial charge in [-0.05, 0) is 56.7 Å². The third-order valence-corrected chi connectivity index (χ3v) is 9.62. The van der Waals surface area contributed by atoms with Gasteiger partial charge in [-0.15, -0.1) is 0 Å². The van der Waals surface area contributed by atoms with Crippen LogP contribution in [0, 0.1) is 5.82 Å². The van der Waals surface area contributed by atoms with Crippen LogP contribution in [0.4, 0.5) is 4.39 Å². The summed E-state index contributed by atoms with van der Waals surface area (Å²) in [6, 6.07) is 5.68. The normalized spacial score (nSPS) is 22.6. The van der Waals surface area contributed by atoms with Gasteiger partial charge in [-0.1, -0.05) is 6.07 Å². The van der Waals surface area contributed by atoms with E-state index in [2.05, 4.69) is 15.3 Å². The first-order valence-corrected chi connectivity index (χ1v) is 14.9. The van der Waals surface area contributed by atoms with Gasteiger partial charge in [-0.25, -0.2) is 19.2 Å². The Morgan fingerprint density at radius 1 is 1.03 bits per heavy atom. The van der Waals surface area contributed by atoms with Crippen molar-refractivity contribution in [2.75, 3.05) is 11.5 Å². The largest absolute Gasteiger partial charge is 0.348 e. The molecule has 0 unspecified atom stereocenters. The van der Waals surface area contributed by atoms with E-state index in [1.165, 1.54) is 9.13 Å². The molecule has 1 amide bonds. The zero-order chi connectivity index (χ0) is 27.3. The lowest BCUT2D eigenvalue weighted by molar-refractivity contribution is 0.0917. The van der Waals surface area contributed by atoms with E-state index in [1.54, 1.807) is 10.6 Å². The second kappa shape index (κ2) is 9.88. The molecule has 0 bridgehead atoms. The van der Waals surface area contributed by atoms with Gasteiger partial charge < -0.3 is 9.72 Å². The molecule has 4 aromatic rings. The SMILES string of the molecule is O=C(NC1CCC(n2c(=O)c3cc(F)cnc3n(C3CCS(O)(O)CC3)c2=O)CC1)c1cn2ccccc2n1. The summed E-state index contributed by atoms with van der Waals surface area (Å²) in [7, 11) is -2.68. The minimum absolute atomic E-state index is 0.0223. The highest BCUT2D eigenvalue weighted by atomic mass is 32.3. The van der Waals surface area contributed by atoms with Crippen LogP contribution < -0.4 is 16.6 Å². The van der Waals surface area contributed by atoms with E-state index in [4.69, 9.17) is 0 Å². The Hall–Kier alpha value is -3.55. The molecule has 1 aliphatic carbocycles. The Morgan fingerprint density at radius 2 is 1.74 bits per heavy atom. The summed E-state index contributed by atoms with van der Waals surface area (Å²) in [4.78, 5) is 48.5. The third kappa shape index (κ3) is 4.85. The molecule has 2 fully saturated rings. The van der Waals surface area contributed by atoms with Gasteiger partial charge in [0, 0.05) is 42.0 Å². The number of imidazole rings is 1. The topological polar surface area (TPSA) is 144 Å². The monoisotopic (exact) mass is 556 g/mol. The number of carbonyl (C=O) groups is 1. The summed E-state index contributed by atoms with van der Waals surface area (Å²) in [5.41, 5.74) is -0.00925. The molecule has 3 N–H and O–H groups in total. The lowest BCUT2D eigenvalue weighted by Gasteiger charge is -2.40. The Kier molecular flexibility index (Phi) is 6.52. The lowest BCUT2D eigenvalue weighted by Crippen LogP contribution is -2.47. The summed E-state index contributed by atoms with van der Waals surface area (Å²) in [6.07, 6.45) is 7.22. The van der Waals surface area contributed by atoms with Crippen molar-refractivity contribution in [3.8, 4) is 0 Å². The molecule has 39 heavy (non-hydrogen) atoms. The molecule has 1 saturated carbocycles. The summed E-state index contributed by atoms with van der Waals surface area (Å²) in [6.45, 7) is 0. The first-order valence-electron chi connectivity index (χ1n) is 13.0. The van der Waals surface area contributed by atoms with E-state index in [0.29, 0.717) is 49.9 Å². The molecule has 6 rings (SSSR count). The van der Waals surface area contributed by atoms with E-state index < -0.39 is 33.7 Å². The minimum Gasteiger partial charge on any atom is -0.348 e. The van der Waals surface area contributed by atoms with E-state index in [0.717, 1.165) is 12.3 Å². The van der Waals surface area contributed by atoms with Crippen LogP contribution in [0.3, 0.4) is 0 Å². The number of halogens is 1. The number of rotatable bonds is 4. The zero-order valence-electron chi connectivity index (χ0n) is 21.1. The quantitative estimate of drug-likeness (QED) is 0.350. The van der Waals surface area contributed by atoms with Gasteiger partial charge in [0.1, 0.15) is 22.8 Å². The number of aromatic nitrogens is 5. The van der Waals surface area contributed by atoms with Gasteiger partial charge in [-0.2, -0.15) is 10.6 Å². The fourth-order valence-electron chi connectivity index (χ4n) is 5.79. The molecule has 0 atom stereocenters. The average molecular weight is 557 g/mol. The van der Waals surface area contributed by atoms with Crippen molar-refractivity contribution < 1.29 is 18.3 Å². The summed E-state index contributed by atoms with van der Waals surface area (Å²) in [5, 5.41) is 3.04. The van der Waals surface area contributed by atoms with E-state index in [-0.39, 0.29) is 40.5 Å². The van der Waals surface area contributed by atoms with Gasteiger partial charge in [0.2, 0.25) is 0 Å². The van der Waals surface area contributed by atoms with Crippen molar-refractivity contribution in [1.29, 1.82) is 0 Å². The van der Waals surface area contributed by atoms with E-state index in [9.17, 15) is 27.9 Å². The molecule has 11 nitrogen and oxygen atoms in total. The number of hydrogen-bond acceptors (Lipinski definition) is 7. The number of nitrogens with one attached hydrogen (secondary N) is 1. The molecular formula is C26H29FN6O5S. The maximum Gasteiger partial charge on any atom is 0.333 e. The Labute approximate surface area is 223 Å². The van der Waals surface area contributed by atoms with Crippen LogP contribution in [-0.2, 0) is 0 Å². The molecule has 0 spiro atoms. The van der Waals surface area contributed by atoms with Crippen LogP contribution in [0.25, 0.3) is 16.7 Å². The van der Waals surface area contributed by atoms with Crippen LogP contribution in [0.2, 0.25) is 0 Å². The van der Waals surface area contributed by atoms with Crippen LogP contribution >= 0.6 is 10.6 Å². The van der Waals surface area contributed by atoms with Crippen molar-refractivity contribution >= 4 is 33.2 Å². The van der Waals surface area contributed by atoms with Crippen molar-refractivity contribution in [2.24, 2.45) is 0 Å². The molecule has 2 aliphatic rings. The molecule has 13 heteroatoms. The molecule has 5 heterocycles. The lowest BCUT2D eigenvalue weighted by atomic mass is 9.90. The first-order chi connectivity index (χ1) is 18.7. The Morgan fingerprint density at radius 3 is 2.46 bits per heavy atom. The molecular weight excluding hydrogens is 527 g/mol. The first kappa shape index (κ1) is 25.7. The van der Waals surface area contributed by atoms with Gasteiger partial charge in [0.15, 0.2) is 0 Å². The van der Waals surface area contributed by atoms with Gasteiger partial charge in [0.05, 0.1) is 11.6 Å². The number of nitrogens with zero attached hydrogens (tertiary/aromatic N) is 5. The molecule has 0 aromatic carbocycles. The molecule has 4 aromatic heterocycles. The van der Waals surface area contributed by atoms with E-state index in [1.807, 2.05) is 24.4 Å².